The van der Waals surface area contributed by atoms with Crippen LogP contribution in [0.2, 0.25) is 0 Å². The van der Waals surface area contributed by atoms with Crippen LogP contribution in [0.25, 0.3) is 0 Å². The zero-order valence-electron chi connectivity index (χ0n) is 23.6. The molecule has 1 atom stereocenters. The molecule has 42 heavy (non-hydrogen) atoms. The van der Waals surface area contributed by atoms with Crippen molar-refractivity contribution in [2.45, 2.75) is 45.0 Å². The molecule has 1 aliphatic rings. The van der Waals surface area contributed by atoms with Crippen molar-refractivity contribution in [2.75, 3.05) is 23.9 Å². The van der Waals surface area contributed by atoms with E-state index < -0.39 is 29.6 Å². The van der Waals surface area contributed by atoms with Crippen molar-refractivity contribution in [3.05, 3.63) is 119 Å². The minimum absolute atomic E-state index is 0.102. The highest BCUT2D eigenvalue weighted by Gasteiger charge is 2.33. The van der Waals surface area contributed by atoms with Crippen molar-refractivity contribution < 1.29 is 27.1 Å². The van der Waals surface area contributed by atoms with E-state index in [0.29, 0.717) is 23.8 Å². The van der Waals surface area contributed by atoms with Gasteiger partial charge in [-0.25, -0.2) is 4.39 Å². The molecule has 0 aromatic heterocycles. The van der Waals surface area contributed by atoms with Crippen LogP contribution < -0.4 is 16.0 Å². The molecule has 1 saturated carbocycles. The molecule has 0 saturated heterocycles. The fourth-order valence-electron chi connectivity index (χ4n) is 4.49. The summed E-state index contributed by atoms with van der Waals surface area (Å²) in [5, 5.41) is 2.51. The second kappa shape index (κ2) is 13.8. The van der Waals surface area contributed by atoms with Crippen LogP contribution >= 0.6 is 0 Å². The molecule has 1 fully saturated rings. The largest absolute Gasteiger partial charge is 0.416 e. The van der Waals surface area contributed by atoms with Crippen molar-refractivity contribution in [2.24, 2.45) is 11.7 Å². The van der Waals surface area contributed by atoms with Crippen LogP contribution in [-0.2, 0) is 16.1 Å². The van der Waals surface area contributed by atoms with Crippen LogP contribution in [0.4, 0.5) is 28.9 Å². The molecule has 222 valence electrons. The Balaban J connectivity index is 1.71. The third-order valence-electron chi connectivity index (χ3n) is 7.01. The molecule has 0 spiro atoms. The number of hydrogen-bond acceptors (Lipinski definition) is 4. The van der Waals surface area contributed by atoms with Gasteiger partial charge in [0, 0.05) is 19.3 Å². The van der Waals surface area contributed by atoms with Gasteiger partial charge in [0.25, 0.3) is 5.91 Å². The second-order valence-electron chi connectivity index (χ2n) is 10.3. The molecular formula is C33H35F4N3O2. The molecule has 3 aromatic carbocycles. The number of alkyl halides is 3. The number of rotatable bonds is 12. The number of likely N-dealkylation sites (N-methyl/N-ethyl adjacent to an activating group) is 1. The van der Waals surface area contributed by atoms with Gasteiger partial charge in [-0.15, -0.1) is 0 Å². The van der Waals surface area contributed by atoms with Gasteiger partial charge in [0.05, 0.1) is 17.9 Å². The van der Waals surface area contributed by atoms with Crippen molar-refractivity contribution in [3.8, 4) is 0 Å². The first-order valence-electron chi connectivity index (χ1n) is 13.9. The highest BCUT2D eigenvalue weighted by molar-refractivity contribution is 6.06. The summed E-state index contributed by atoms with van der Waals surface area (Å²) in [7, 11) is 1.48. The molecule has 1 amide bonds. The van der Waals surface area contributed by atoms with E-state index >= 15 is 4.39 Å². The maximum Gasteiger partial charge on any atom is 0.416 e. The highest BCUT2D eigenvalue weighted by atomic mass is 19.4. The summed E-state index contributed by atoms with van der Waals surface area (Å²) in [6, 6.07) is 20.5. The fraction of sp³-hybridized carbons (Fsp3) is 0.303. The number of nitrogens with zero attached hydrogens (tertiary/aromatic N) is 1. The van der Waals surface area contributed by atoms with Crippen LogP contribution in [0.5, 0.6) is 0 Å². The zero-order chi connectivity index (χ0) is 30.3. The standard InChI is InChI=1S/C33H35F4N3O2/c1-3-8-26(33(35,36)37)19-30(40(2)27-12-7-9-23(17-27)20-38)32(41)39-29-18-25(15-16-28(29)34)31(42-21-22-13-14-22)24-10-5-4-6-11-24/h4-12,15-19,22,31H,3,13-14,20-21,38H2,1-2H3,(H,39,41). The number of carbonyl (C=O) groups excluding carboxylic acids is 1. The van der Waals surface area contributed by atoms with E-state index in [-0.39, 0.29) is 24.4 Å². The summed E-state index contributed by atoms with van der Waals surface area (Å²) in [4.78, 5) is 15.0. The number of carbonyl (C=O) groups is 1. The Morgan fingerprint density at radius 1 is 1.07 bits per heavy atom. The summed E-state index contributed by atoms with van der Waals surface area (Å²) < 4.78 is 63.0. The Morgan fingerprint density at radius 2 is 1.81 bits per heavy atom. The molecule has 0 aliphatic heterocycles. The van der Waals surface area contributed by atoms with Gasteiger partial charge >= 0.3 is 6.18 Å². The number of benzene rings is 3. The van der Waals surface area contributed by atoms with E-state index in [1.807, 2.05) is 30.3 Å². The Morgan fingerprint density at radius 3 is 2.45 bits per heavy atom. The van der Waals surface area contributed by atoms with Gasteiger partial charge in [-0.2, -0.15) is 13.2 Å². The number of halogens is 4. The highest BCUT2D eigenvalue weighted by Crippen LogP contribution is 2.35. The molecular weight excluding hydrogens is 546 g/mol. The predicted octanol–water partition coefficient (Wildman–Crippen LogP) is 7.66. The maximum absolute atomic E-state index is 15.1. The third kappa shape index (κ3) is 8.08. The third-order valence-corrected chi connectivity index (χ3v) is 7.01. The number of amides is 1. The SMILES string of the molecule is CCC=C(C=C(C(=O)Nc1cc(C(OCC2CC2)c2ccccc2)ccc1F)N(C)c1cccc(CN)c1)C(F)(F)F. The number of nitrogens with one attached hydrogen (secondary N) is 1. The molecule has 0 radical (unpaired) electrons. The van der Waals surface area contributed by atoms with Crippen molar-refractivity contribution in [3.63, 3.8) is 0 Å². The first kappa shape index (κ1) is 31.0. The van der Waals surface area contributed by atoms with E-state index in [1.165, 1.54) is 24.1 Å². The monoisotopic (exact) mass is 581 g/mol. The zero-order valence-corrected chi connectivity index (χ0v) is 23.6. The van der Waals surface area contributed by atoms with Gasteiger partial charge in [0.2, 0.25) is 0 Å². The lowest BCUT2D eigenvalue weighted by molar-refractivity contribution is -0.113. The van der Waals surface area contributed by atoms with Crippen molar-refractivity contribution >= 4 is 17.3 Å². The first-order chi connectivity index (χ1) is 20.1. The van der Waals surface area contributed by atoms with Gasteiger partial charge in [-0.1, -0.05) is 61.5 Å². The lowest BCUT2D eigenvalue weighted by Gasteiger charge is -2.24. The van der Waals surface area contributed by atoms with Crippen molar-refractivity contribution in [1.82, 2.24) is 0 Å². The minimum Gasteiger partial charge on any atom is -0.368 e. The van der Waals surface area contributed by atoms with Gasteiger partial charge in [-0.3, -0.25) is 4.79 Å². The first-order valence-corrected chi connectivity index (χ1v) is 13.9. The lowest BCUT2D eigenvalue weighted by atomic mass is 10.0. The number of nitrogens with two attached hydrogens (primary N) is 1. The van der Waals surface area contributed by atoms with Crippen LogP contribution in [0.3, 0.4) is 0 Å². The minimum atomic E-state index is -4.70. The lowest BCUT2D eigenvalue weighted by Crippen LogP contribution is -2.29. The van der Waals surface area contributed by atoms with Crippen LogP contribution in [0.1, 0.15) is 49.0 Å². The number of allylic oxidation sites excluding steroid dienone is 3. The molecule has 1 unspecified atom stereocenters. The summed E-state index contributed by atoms with van der Waals surface area (Å²) in [6.07, 6.45) is -1.14. The predicted molar refractivity (Wildman–Crippen MR) is 157 cm³/mol. The fourth-order valence-corrected chi connectivity index (χ4v) is 4.49. The Bertz CT molecular complexity index is 1430. The smallest absolute Gasteiger partial charge is 0.368 e. The summed E-state index contributed by atoms with van der Waals surface area (Å²) in [6.45, 7) is 2.32. The topological polar surface area (TPSA) is 67.6 Å². The Labute approximate surface area is 243 Å². The van der Waals surface area contributed by atoms with E-state index in [9.17, 15) is 18.0 Å². The summed E-state index contributed by atoms with van der Waals surface area (Å²) in [5.41, 5.74) is 6.92. The summed E-state index contributed by atoms with van der Waals surface area (Å²) in [5.74, 6) is -1.16. The molecule has 0 bridgehead atoms. The quantitative estimate of drug-likeness (QED) is 0.131. The number of hydrogen-bond donors (Lipinski definition) is 2. The molecule has 4 rings (SSSR count). The maximum atomic E-state index is 15.1. The Hall–Kier alpha value is -3.95. The second-order valence-corrected chi connectivity index (χ2v) is 10.3. The molecule has 3 N–H and O–H groups in total. The average Bonchev–Trinajstić information content (AvgIpc) is 3.81. The molecule has 0 heterocycles. The van der Waals surface area contributed by atoms with Gasteiger partial charge < -0.3 is 20.7 Å². The number of anilines is 2. The van der Waals surface area contributed by atoms with Crippen molar-refractivity contribution in [1.29, 1.82) is 0 Å². The molecule has 3 aromatic rings. The molecule has 9 heteroatoms. The average molecular weight is 582 g/mol. The van der Waals surface area contributed by atoms with E-state index in [0.717, 1.165) is 36.1 Å². The molecule has 1 aliphatic carbocycles. The van der Waals surface area contributed by atoms with E-state index in [2.05, 4.69) is 5.32 Å². The molecule has 5 nitrogen and oxygen atoms in total. The normalized spacial score (nSPS) is 14.9. The van der Waals surface area contributed by atoms with Gasteiger partial charge in [0.15, 0.2) is 0 Å². The number of ether oxygens (including phenoxy) is 1. The van der Waals surface area contributed by atoms with Crippen LogP contribution in [0, 0.1) is 11.7 Å². The summed E-state index contributed by atoms with van der Waals surface area (Å²) >= 11 is 0. The van der Waals surface area contributed by atoms with Crippen LogP contribution in [-0.4, -0.2) is 25.7 Å². The van der Waals surface area contributed by atoms with E-state index in [4.69, 9.17) is 10.5 Å². The van der Waals surface area contributed by atoms with Gasteiger partial charge in [0.1, 0.15) is 17.6 Å². The van der Waals surface area contributed by atoms with Gasteiger partial charge in [-0.05, 0) is 72.2 Å². The van der Waals surface area contributed by atoms with E-state index in [1.54, 1.807) is 37.3 Å². The van der Waals surface area contributed by atoms with Crippen LogP contribution in [0.15, 0.2) is 96.2 Å². The Kier molecular flexibility index (Phi) is 10.2.